The Hall–Kier alpha value is -2.93. The Kier molecular flexibility index (Phi) is 5.83. The molecule has 0 bridgehead atoms. The van der Waals surface area contributed by atoms with Crippen LogP contribution in [0.5, 0.6) is 5.75 Å². The molecule has 2 aromatic carbocycles. The van der Waals surface area contributed by atoms with E-state index in [0.717, 1.165) is 37.3 Å². The number of nitrogens with zero attached hydrogens (tertiary/aromatic N) is 4. The van der Waals surface area contributed by atoms with Crippen LogP contribution in [-0.2, 0) is 0 Å². The van der Waals surface area contributed by atoms with Crippen molar-refractivity contribution < 1.29 is 13.9 Å². The number of carbonyl (C=O) groups excluding carboxylic acids is 1. The number of urea groups is 1. The Labute approximate surface area is 188 Å². The molecule has 0 aliphatic carbocycles. The molecule has 5 rings (SSSR count). The van der Waals surface area contributed by atoms with Crippen LogP contribution in [0.1, 0.15) is 36.4 Å². The van der Waals surface area contributed by atoms with Gasteiger partial charge in [-0.15, -0.1) is 0 Å². The zero-order valence-electron chi connectivity index (χ0n) is 18.4. The second kappa shape index (κ2) is 8.90. The number of carbonyl (C=O) groups is 1. The van der Waals surface area contributed by atoms with Gasteiger partial charge >= 0.3 is 6.03 Å². The van der Waals surface area contributed by atoms with Gasteiger partial charge in [0, 0.05) is 19.2 Å². The van der Waals surface area contributed by atoms with E-state index >= 15 is 0 Å². The maximum Gasteiger partial charge on any atom is 0.340 e. The zero-order chi connectivity index (χ0) is 22.1. The van der Waals surface area contributed by atoms with Crippen LogP contribution in [0.3, 0.4) is 0 Å². The highest BCUT2D eigenvalue weighted by molar-refractivity contribution is 6.07. The summed E-state index contributed by atoms with van der Waals surface area (Å²) < 4.78 is 20.0. The molecule has 168 valence electrons. The number of likely N-dealkylation sites (tertiary alicyclic amines) is 1. The Balaban J connectivity index is 1.40. The van der Waals surface area contributed by atoms with Gasteiger partial charge in [0.1, 0.15) is 11.6 Å². The summed E-state index contributed by atoms with van der Waals surface area (Å²) in [6.07, 6.45) is 3.47. The van der Waals surface area contributed by atoms with Crippen LogP contribution in [0.2, 0.25) is 0 Å². The fourth-order valence-corrected chi connectivity index (χ4v) is 5.00. The molecule has 2 atom stereocenters. The molecule has 3 heterocycles. The number of hydrogen-bond donors (Lipinski definition) is 0. The van der Waals surface area contributed by atoms with Gasteiger partial charge in [0.15, 0.2) is 0 Å². The minimum absolute atomic E-state index is 0.139. The van der Waals surface area contributed by atoms with Crippen molar-refractivity contribution in [1.82, 2.24) is 14.8 Å². The highest BCUT2D eigenvalue weighted by atomic mass is 19.1. The van der Waals surface area contributed by atoms with Gasteiger partial charge in [-0.25, -0.2) is 14.2 Å². The molecule has 3 aliphatic heterocycles. The third kappa shape index (κ3) is 3.97. The quantitative estimate of drug-likeness (QED) is 0.708. The molecule has 7 heteroatoms. The summed E-state index contributed by atoms with van der Waals surface area (Å²) in [6.45, 7) is 4.40. The van der Waals surface area contributed by atoms with Crippen molar-refractivity contribution in [2.45, 2.75) is 25.3 Å². The standard InChI is InChI=1S/C25H29FN4O2/c1-28(12-7-15-29-13-5-6-14-29)25(31)30-24(18-8-3-2-4-9-18)21-17-32-22-11-10-19(26)16-20(22)23(21)27-30/h2-4,8-11,16,21,24H,5-7,12-15,17H2,1H3/t21-,24-/m1/s1. The molecule has 32 heavy (non-hydrogen) atoms. The van der Waals surface area contributed by atoms with E-state index in [0.29, 0.717) is 24.5 Å². The third-order valence-corrected chi connectivity index (χ3v) is 6.68. The summed E-state index contributed by atoms with van der Waals surface area (Å²) in [4.78, 5) is 17.7. The van der Waals surface area contributed by atoms with Crippen molar-refractivity contribution in [1.29, 1.82) is 0 Å². The van der Waals surface area contributed by atoms with Gasteiger partial charge in [-0.3, -0.25) is 0 Å². The highest BCUT2D eigenvalue weighted by Gasteiger charge is 2.45. The molecule has 0 aromatic heterocycles. The first-order valence-electron chi connectivity index (χ1n) is 11.4. The molecular formula is C25H29FN4O2. The number of hydrazone groups is 1. The van der Waals surface area contributed by atoms with Crippen LogP contribution in [0, 0.1) is 11.7 Å². The number of benzene rings is 2. The van der Waals surface area contributed by atoms with Crippen LogP contribution in [0.15, 0.2) is 53.6 Å². The second-order valence-electron chi connectivity index (χ2n) is 8.85. The van der Waals surface area contributed by atoms with Crippen molar-refractivity contribution in [3.63, 3.8) is 0 Å². The molecule has 0 spiro atoms. The molecule has 0 N–H and O–H groups in total. The molecule has 3 aliphatic rings. The summed E-state index contributed by atoms with van der Waals surface area (Å²) >= 11 is 0. The maximum atomic E-state index is 14.0. The second-order valence-corrected chi connectivity index (χ2v) is 8.85. The lowest BCUT2D eigenvalue weighted by Crippen LogP contribution is -2.42. The Morgan fingerprint density at radius 1 is 1.19 bits per heavy atom. The fourth-order valence-electron chi connectivity index (χ4n) is 5.00. The maximum absolute atomic E-state index is 14.0. The van der Waals surface area contributed by atoms with Gasteiger partial charge in [0.25, 0.3) is 0 Å². The Bertz CT molecular complexity index is 1010. The average molecular weight is 437 g/mol. The lowest BCUT2D eigenvalue weighted by molar-refractivity contribution is 0.132. The summed E-state index contributed by atoms with van der Waals surface area (Å²) in [6, 6.07) is 14.0. The van der Waals surface area contributed by atoms with E-state index in [2.05, 4.69) is 4.90 Å². The predicted octanol–water partition coefficient (Wildman–Crippen LogP) is 4.13. The normalized spacial score (nSPS) is 22.2. The SMILES string of the molecule is CN(CCCN1CCCC1)C(=O)N1N=C2c3cc(F)ccc3OC[C@H]2[C@H]1c1ccccc1. The van der Waals surface area contributed by atoms with Crippen LogP contribution < -0.4 is 4.74 Å². The minimum atomic E-state index is -0.337. The van der Waals surface area contributed by atoms with Crippen LogP contribution in [-0.4, -0.2) is 66.4 Å². The molecule has 6 nitrogen and oxygen atoms in total. The highest BCUT2D eigenvalue weighted by Crippen LogP contribution is 2.42. The van der Waals surface area contributed by atoms with E-state index in [1.165, 1.54) is 25.0 Å². The van der Waals surface area contributed by atoms with Gasteiger partial charge in [0.2, 0.25) is 0 Å². The average Bonchev–Trinajstić information content (AvgIpc) is 3.47. The molecule has 2 amide bonds. The first-order chi connectivity index (χ1) is 15.6. The number of rotatable bonds is 5. The monoisotopic (exact) mass is 436 g/mol. The van der Waals surface area contributed by atoms with Crippen molar-refractivity contribution in [3.05, 3.63) is 65.5 Å². The summed E-state index contributed by atoms with van der Waals surface area (Å²) in [5.41, 5.74) is 2.35. The number of hydrogen-bond acceptors (Lipinski definition) is 4. The topological polar surface area (TPSA) is 48.4 Å². The number of fused-ring (bicyclic) bond motifs is 3. The summed E-state index contributed by atoms with van der Waals surface area (Å²) in [5, 5.41) is 6.34. The molecular weight excluding hydrogens is 407 g/mol. The van der Waals surface area contributed by atoms with E-state index in [-0.39, 0.29) is 23.8 Å². The van der Waals surface area contributed by atoms with Crippen molar-refractivity contribution in [2.24, 2.45) is 11.0 Å². The van der Waals surface area contributed by atoms with Crippen molar-refractivity contribution in [2.75, 3.05) is 39.8 Å². The van der Waals surface area contributed by atoms with E-state index in [4.69, 9.17) is 9.84 Å². The Morgan fingerprint density at radius 3 is 2.75 bits per heavy atom. The molecule has 1 saturated heterocycles. The first kappa shape index (κ1) is 20.9. The van der Waals surface area contributed by atoms with E-state index < -0.39 is 0 Å². The fraction of sp³-hybridized carbons (Fsp3) is 0.440. The van der Waals surface area contributed by atoms with E-state index in [9.17, 15) is 9.18 Å². The summed E-state index contributed by atoms with van der Waals surface area (Å²) in [7, 11) is 1.83. The lowest BCUT2D eigenvalue weighted by Gasteiger charge is -2.31. The zero-order valence-corrected chi connectivity index (χ0v) is 18.4. The molecule has 0 saturated carbocycles. The summed E-state index contributed by atoms with van der Waals surface area (Å²) in [5.74, 6) is 0.130. The molecule has 2 aromatic rings. The largest absolute Gasteiger partial charge is 0.492 e. The van der Waals surface area contributed by atoms with Gasteiger partial charge in [-0.2, -0.15) is 5.10 Å². The smallest absolute Gasteiger partial charge is 0.340 e. The van der Waals surface area contributed by atoms with Crippen LogP contribution in [0.4, 0.5) is 9.18 Å². The van der Waals surface area contributed by atoms with E-state index in [1.54, 1.807) is 16.0 Å². The van der Waals surface area contributed by atoms with Gasteiger partial charge < -0.3 is 14.5 Å². The molecule has 1 fully saturated rings. The van der Waals surface area contributed by atoms with Crippen molar-refractivity contribution >= 4 is 11.7 Å². The third-order valence-electron chi connectivity index (χ3n) is 6.68. The first-order valence-corrected chi connectivity index (χ1v) is 11.4. The number of amides is 2. The van der Waals surface area contributed by atoms with Crippen LogP contribution in [0.25, 0.3) is 0 Å². The predicted molar refractivity (Wildman–Crippen MR) is 121 cm³/mol. The van der Waals surface area contributed by atoms with Gasteiger partial charge in [-0.05, 0) is 62.7 Å². The molecule has 0 unspecified atom stereocenters. The minimum Gasteiger partial charge on any atom is -0.492 e. The Morgan fingerprint density at radius 2 is 1.97 bits per heavy atom. The molecule has 0 radical (unpaired) electrons. The van der Waals surface area contributed by atoms with Crippen molar-refractivity contribution in [3.8, 4) is 5.75 Å². The van der Waals surface area contributed by atoms with Gasteiger partial charge in [-0.1, -0.05) is 30.3 Å². The number of halogens is 1. The van der Waals surface area contributed by atoms with E-state index in [1.807, 2.05) is 37.4 Å². The van der Waals surface area contributed by atoms with Gasteiger partial charge in [0.05, 0.1) is 24.3 Å². The van der Waals surface area contributed by atoms with Crippen LogP contribution >= 0.6 is 0 Å². The lowest BCUT2D eigenvalue weighted by atomic mass is 9.86. The number of ether oxygens (including phenoxy) is 1.